The fourth-order valence-electron chi connectivity index (χ4n) is 2.00. The summed E-state index contributed by atoms with van der Waals surface area (Å²) in [7, 11) is 0. The van der Waals surface area contributed by atoms with E-state index in [1.165, 1.54) is 6.21 Å². The summed E-state index contributed by atoms with van der Waals surface area (Å²) in [6.07, 6.45) is 1.47. The summed E-state index contributed by atoms with van der Waals surface area (Å²) in [4.78, 5) is 11.8. The van der Waals surface area contributed by atoms with Gasteiger partial charge in [-0.3, -0.25) is 4.79 Å². The molecule has 6 nitrogen and oxygen atoms in total. The summed E-state index contributed by atoms with van der Waals surface area (Å²) in [5, 5.41) is 7.39. The summed E-state index contributed by atoms with van der Waals surface area (Å²) in [5.74, 6) is 0.942. The highest BCUT2D eigenvalue weighted by molar-refractivity contribution is 14.1. The smallest absolute Gasteiger partial charge is 0.259 e. The van der Waals surface area contributed by atoms with Crippen molar-refractivity contribution in [3.8, 4) is 11.5 Å². The number of carbonyl (C=O) groups excluding carboxylic acids is 1. The largest absolute Gasteiger partial charge is 0.454 e. The number of nitrogens with zero attached hydrogens (tertiary/aromatic N) is 1. The molecule has 0 radical (unpaired) electrons. The van der Waals surface area contributed by atoms with Crippen LogP contribution >= 0.6 is 34.2 Å². The Morgan fingerprint density at radius 2 is 1.96 bits per heavy atom. The molecular weight excluding hydrogens is 445 g/mol. The average molecular weight is 458 g/mol. The van der Waals surface area contributed by atoms with Gasteiger partial charge in [0.05, 0.1) is 17.8 Å². The van der Waals surface area contributed by atoms with Crippen LogP contribution in [0.4, 0.5) is 5.69 Å². The first-order valence-corrected chi connectivity index (χ1v) is 8.48. The quantitative estimate of drug-likeness (QED) is 0.411. The van der Waals surface area contributed by atoms with Crippen molar-refractivity contribution in [3.63, 3.8) is 0 Å². The molecule has 0 spiro atoms. The molecule has 0 unspecified atom stereocenters. The van der Waals surface area contributed by atoms with Gasteiger partial charge in [-0.15, -0.1) is 0 Å². The van der Waals surface area contributed by atoms with Crippen LogP contribution in [0.3, 0.4) is 0 Å². The standard InChI is InChI=1S/C16H13ClIN3O3/c17-13-6-15-14(23-9-24-15)5-10(13)7-20-21-16(22)8-19-12-3-1-11(18)2-4-12/h1-7,19H,8-9H2,(H,21,22)/b20-7-. The first kappa shape index (κ1) is 16.8. The van der Waals surface area contributed by atoms with Crippen LogP contribution in [0.25, 0.3) is 0 Å². The Labute approximate surface area is 157 Å². The number of anilines is 1. The van der Waals surface area contributed by atoms with Crippen LogP contribution in [0.1, 0.15) is 5.56 Å². The van der Waals surface area contributed by atoms with Crippen molar-refractivity contribution in [1.82, 2.24) is 5.43 Å². The Balaban J connectivity index is 1.52. The van der Waals surface area contributed by atoms with Gasteiger partial charge in [0.1, 0.15) is 0 Å². The molecule has 124 valence electrons. The van der Waals surface area contributed by atoms with Gasteiger partial charge in [0.25, 0.3) is 5.91 Å². The van der Waals surface area contributed by atoms with Gasteiger partial charge in [-0.2, -0.15) is 5.10 Å². The van der Waals surface area contributed by atoms with Crippen LogP contribution in [-0.4, -0.2) is 25.5 Å². The highest BCUT2D eigenvalue weighted by atomic mass is 127. The average Bonchev–Trinajstić information content (AvgIpc) is 3.01. The number of fused-ring (bicyclic) bond motifs is 1. The van der Waals surface area contributed by atoms with Crippen molar-refractivity contribution >= 4 is 52.0 Å². The van der Waals surface area contributed by atoms with E-state index >= 15 is 0 Å². The minimum Gasteiger partial charge on any atom is -0.454 e. The molecule has 0 saturated carbocycles. The van der Waals surface area contributed by atoms with Gasteiger partial charge < -0.3 is 14.8 Å². The first-order valence-electron chi connectivity index (χ1n) is 7.02. The number of nitrogens with one attached hydrogen (secondary N) is 2. The molecule has 0 atom stereocenters. The van der Waals surface area contributed by atoms with Crippen molar-refractivity contribution in [2.45, 2.75) is 0 Å². The maximum absolute atomic E-state index is 11.8. The first-order chi connectivity index (χ1) is 11.6. The molecule has 1 aliphatic rings. The van der Waals surface area contributed by atoms with Gasteiger partial charge in [-0.05, 0) is 52.9 Å². The van der Waals surface area contributed by atoms with Crippen LogP contribution in [0, 0.1) is 3.57 Å². The van der Waals surface area contributed by atoms with E-state index in [0.717, 1.165) is 9.26 Å². The summed E-state index contributed by atoms with van der Waals surface area (Å²) in [5.41, 5.74) is 3.94. The molecule has 2 N–H and O–H groups in total. The van der Waals surface area contributed by atoms with Gasteiger partial charge in [-0.1, -0.05) is 11.6 Å². The van der Waals surface area contributed by atoms with Crippen LogP contribution in [0.5, 0.6) is 11.5 Å². The van der Waals surface area contributed by atoms with Crippen LogP contribution in [-0.2, 0) is 4.79 Å². The highest BCUT2D eigenvalue weighted by Gasteiger charge is 2.15. The topological polar surface area (TPSA) is 72.0 Å². The third-order valence-corrected chi connectivity index (χ3v) is 4.23. The van der Waals surface area contributed by atoms with Crippen LogP contribution < -0.4 is 20.2 Å². The number of benzene rings is 2. The fourth-order valence-corrected chi connectivity index (χ4v) is 2.56. The maximum atomic E-state index is 11.8. The zero-order valence-electron chi connectivity index (χ0n) is 12.4. The molecule has 0 fully saturated rings. The number of amides is 1. The number of hydrogen-bond donors (Lipinski definition) is 2. The Morgan fingerprint density at radius 1 is 1.25 bits per heavy atom. The summed E-state index contributed by atoms with van der Waals surface area (Å²) < 4.78 is 11.6. The SMILES string of the molecule is O=C(CNc1ccc(I)cc1)N/N=C\c1cc2c(cc1Cl)OCO2. The van der Waals surface area contributed by atoms with E-state index in [2.05, 4.69) is 38.4 Å². The van der Waals surface area contributed by atoms with Crippen LogP contribution in [0.15, 0.2) is 41.5 Å². The molecule has 2 aromatic carbocycles. The van der Waals surface area contributed by atoms with E-state index in [1.54, 1.807) is 12.1 Å². The molecule has 1 aliphatic heterocycles. The minimum atomic E-state index is -0.262. The zero-order chi connectivity index (χ0) is 16.9. The molecule has 3 rings (SSSR count). The molecule has 24 heavy (non-hydrogen) atoms. The van der Waals surface area contributed by atoms with E-state index in [-0.39, 0.29) is 19.2 Å². The summed E-state index contributed by atoms with van der Waals surface area (Å²) in [6.45, 7) is 0.292. The molecule has 1 heterocycles. The zero-order valence-corrected chi connectivity index (χ0v) is 15.3. The molecule has 0 saturated heterocycles. The lowest BCUT2D eigenvalue weighted by molar-refractivity contribution is -0.119. The molecular formula is C16H13ClIN3O3. The van der Waals surface area contributed by atoms with E-state index in [1.807, 2.05) is 24.3 Å². The Bertz CT molecular complexity index is 781. The van der Waals surface area contributed by atoms with Gasteiger partial charge in [-0.25, -0.2) is 5.43 Å². The third-order valence-electron chi connectivity index (χ3n) is 3.18. The number of hydrogen-bond acceptors (Lipinski definition) is 5. The predicted molar refractivity (Wildman–Crippen MR) is 101 cm³/mol. The molecule has 2 aromatic rings. The van der Waals surface area contributed by atoms with E-state index in [0.29, 0.717) is 22.1 Å². The lowest BCUT2D eigenvalue weighted by Gasteiger charge is -2.05. The van der Waals surface area contributed by atoms with E-state index in [4.69, 9.17) is 21.1 Å². The maximum Gasteiger partial charge on any atom is 0.259 e. The second-order valence-corrected chi connectivity index (χ2v) is 6.53. The Kier molecular flexibility index (Phi) is 5.41. The van der Waals surface area contributed by atoms with Gasteiger partial charge in [0.2, 0.25) is 6.79 Å². The fraction of sp³-hybridized carbons (Fsp3) is 0.125. The lowest BCUT2D eigenvalue weighted by Crippen LogP contribution is -2.25. The summed E-state index contributed by atoms with van der Waals surface area (Å²) in [6, 6.07) is 11.1. The summed E-state index contributed by atoms with van der Waals surface area (Å²) >= 11 is 8.35. The highest BCUT2D eigenvalue weighted by Crippen LogP contribution is 2.36. The Morgan fingerprint density at radius 3 is 2.71 bits per heavy atom. The van der Waals surface area contributed by atoms with Crippen molar-refractivity contribution in [2.24, 2.45) is 5.10 Å². The second kappa shape index (κ2) is 7.71. The molecule has 0 aromatic heterocycles. The number of hydrazone groups is 1. The molecule has 0 aliphatic carbocycles. The molecule has 8 heteroatoms. The van der Waals surface area contributed by atoms with Crippen molar-refractivity contribution in [3.05, 3.63) is 50.6 Å². The van der Waals surface area contributed by atoms with Crippen LogP contribution in [0.2, 0.25) is 5.02 Å². The minimum absolute atomic E-state index is 0.118. The lowest BCUT2D eigenvalue weighted by atomic mass is 10.2. The van der Waals surface area contributed by atoms with E-state index in [9.17, 15) is 4.79 Å². The monoisotopic (exact) mass is 457 g/mol. The second-order valence-electron chi connectivity index (χ2n) is 4.88. The van der Waals surface area contributed by atoms with Gasteiger partial charge in [0, 0.05) is 20.9 Å². The third kappa shape index (κ3) is 4.30. The molecule has 0 bridgehead atoms. The number of rotatable bonds is 5. The Hall–Kier alpha value is -2.00. The molecule has 1 amide bonds. The number of halogens is 2. The van der Waals surface area contributed by atoms with Gasteiger partial charge >= 0.3 is 0 Å². The number of carbonyl (C=O) groups is 1. The normalized spacial score (nSPS) is 12.4. The van der Waals surface area contributed by atoms with Crippen molar-refractivity contribution in [2.75, 3.05) is 18.7 Å². The predicted octanol–water partition coefficient (Wildman–Crippen LogP) is 3.24. The number of ether oxygens (including phenoxy) is 2. The van der Waals surface area contributed by atoms with Crippen molar-refractivity contribution in [1.29, 1.82) is 0 Å². The van der Waals surface area contributed by atoms with Gasteiger partial charge in [0.15, 0.2) is 11.5 Å². The van der Waals surface area contributed by atoms with Crippen molar-refractivity contribution < 1.29 is 14.3 Å². The van der Waals surface area contributed by atoms with E-state index < -0.39 is 0 Å².